The number of rotatable bonds is 4. The standard InChI is InChI=1S/C14H18FN5O5/c1-5(2)11(23)18-14-17-10-8(12(24)19-14)20(4-16-10)13-9(22)7(15)6(3-21)25-13/h4-7,9,13,21-22H,3H2,1-2H3,(H2,17,18,19,23,24)/t6-,7-,9-,13-/m1/s1. The molecule has 1 saturated heterocycles. The predicted molar refractivity (Wildman–Crippen MR) is 83.5 cm³/mol. The van der Waals surface area contributed by atoms with Gasteiger partial charge in [-0.2, -0.15) is 4.98 Å². The number of amides is 1. The van der Waals surface area contributed by atoms with Crippen LogP contribution in [0.2, 0.25) is 0 Å². The average Bonchev–Trinajstić information content (AvgIpc) is 3.10. The smallest absolute Gasteiger partial charge is 0.278 e. The zero-order chi connectivity index (χ0) is 18.3. The number of halogens is 1. The van der Waals surface area contributed by atoms with Crippen molar-refractivity contribution in [2.75, 3.05) is 11.9 Å². The van der Waals surface area contributed by atoms with Gasteiger partial charge in [0.25, 0.3) is 5.56 Å². The van der Waals surface area contributed by atoms with Crippen LogP contribution in [0.25, 0.3) is 11.2 Å². The third-order valence-electron chi connectivity index (χ3n) is 3.95. The highest BCUT2D eigenvalue weighted by Gasteiger charge is 2.45. The molecule has 11 heteroatoms. The Morgan fingerprint density at radius 1 is 1.56 bits per heavy atom. The molecule has 1 amide bonds. The fourth-order valence-electron chi connectivity index (χ4n) is 2.55. The number of anilines is 1. The minimum absolute atomic E-state index is 0.00135. The highest BCUT2D eigenvalue weighted by atomic mass is 19.1. The summed E-state index contributed by atoms with van der Waals surface area (Å²) in [6, 6.07) is 0. The summed E-state index contributed by atoms with van der Waals surface area (Å²) in [7, 11) is 0. The van der Waals surface area contributed by atoms with Crippen molar-refractivity contribution in [3.63, 3.8) is 0 Å². The number of alkyl halides is 1. The topological polar surface area (TPSA) is 142 Å². The van der Waals surface area contributed by atoms with Crippen LogP contribution in [0.5, 0.6) is 0 Å². The summed E-state index contributed by atoms with van der Waals surface area (Å²) in [5, 5.41) is 21.5. The van der Waals surface area contributed by atoms with Gasteiger partial charge in [-0.25, -0.2) is 9.37 Å². The fourth-order valence-corrected chi connectivity index (χ4v) is 2.55. The first-order valence-corrected chi connectivity index (χ1v) is 7.69. The van der Waals surface area contributed by atoms with Crippen molar-refractivity contribution in [3.8, 4) is 0 Å². The van der Waals surface area contributed by atoms with Gasteiger partial charge in [-0.3, -0.25) is 24.5 Å². The minimum atomic E-state index is -1.80. The summed E-state index contributed by atoms with van der Waals surface area (Å²) in [6.07, 6.45) is -4.62. The van der Waals surface area contributed by atoms with E-state index in [9.17, 15) is 19.1 Å². The highest BCUT2D eigenvalue weighted by Crippen LogP contribution is 2.32. The molecular formula is C14H18FN5O5. The molecule has 4 atom stereocenters. The molecule has 1 aliphatic heterocycles. The quantitative estimate of drug-likeness (QED) is 0.568. The monoisotopic (exact) mass is 355 g/mol. The Hall–Kier alpha value is -2.37. The second-order valence-corrected chi connectivity index (χ2v) is 6.07. The molecule has 0 spiro atoms. The van der Waals surface area contributed by atoms with E-state index < -0.39 is 36.8 Å². The minimum Gasteiger partial charge on any atom is -0.394 e. The summed E-state index contributed by atoms with van der Waals surface area (Å²) in [5.41, 5.74) is -0.681. The fraction of sp³-hybridized carbons (Fsp3) is 0.571. The number of imidazole rings is 1. The van der Waals surface area contributed by atoms with Crippen LogP contribution in [-0.2, 0) is 9.53 Å². The Bertz CT molecular complexity index is 850. The second-order valence-electron chi connectivity index (χ2n) is 6.07. The number of aliphatic hydroxyl groups excluding tert-OH is 2. The Labute approximate surface area is 140 Å². The van der Waals surface area contributed by atoms with Gasteiger partial charge in [0.1, 0.15) is 18.5 Å². The number of hydrogen-bond acceptors (Lipinski definition) is 7. The van der Waals surface area contributed by atoms with Gasteiger partial charge in [0.2, 0.25) is 11.9 Å². The van der Waals surface area contributed by atoms with E-state index in [-0.39, 0.29) is 28.9 Å². The number of carbonyl (C=O) groups excluding carboxylic acids is 1. The highest BCUT2D eigenvalue weighted by molar-refractivity contribution is 5.91. The lowest BCUT2D eigenvalue weighted by molar-refractivity contribution is -0.118. The van der Waals surface area contributed by atoms with Crippen LogP contribution in [0.4, 0.5) is 10.3 Å². The number of ether oxygens (including phenoxy) is 1. The normalized spacial score (nSPS) is 26.5. The van der Waals surface area contributed by atoms with Crippen molar-refractivity contribution in [1.29, 1.82) is 0 Å². The molecule has 0 unspecified atom stereocenters. The number of aliphatic hydroxyl groups is 2. The van der Waals surface area contributed by atoms with Crippen LogP contribution in [-0.4, -0.2) is 60.6 Å². The number of H-pyrrole nitrogens is 1. The molecule has 1 aliphatic rings. The van der Waals surface area contributed by atoms with E-state index in [1.807, 2.05) is 0 Å². The molecule has 0 aliphatic carbocycles. The van der Waals surface area contributed by atoms with E-state index in [2.05, 4.69) is 20.3 Å². The van der Waals surface area contributed by atoms with Gasteiger partial charge in [0, 0.05) is 5.92 Å². The average molecular weight is 355 g/mol. The summed E-state index contributed by atoms with van der Waals surface area (Å²) >= 11 is 0. The number of carbonyl (C=O) groups is 1. The van der Waals surface area contributed by atoms with Crippen LogP contribution in [0, 0.1) is 5.92 Å². The third-order valence-corrected chi connectivity index (χ3v) is 3.95. The van der Waals surface area contributed by atoms with Crippen molar-refractivity contribution in [2.24, 2.45) is 5.92 Å². The van der Waals surface area contributed by atoms with E-state index in [1.165, 1.54) is 6.33 Å². The first-order valence-electron chi connectivity index (χ1n) is 7.69. The molecule has 3 rings (SSSR count). The third kappa shape index (κ3) is 3.01. The zero-order valence-electron chi connectivity index (χ0n) is 13.5. The zero-order valence-corrected chi connectivity index (χ0v) is 13.5. The molecule has 0 bridgehead atoms. The summed E-state index contributed by atoms with van der Waals surface area (Å²) in [4.78, 5) is 34.4. The van der Waals surface area contributed by atoms with Gasteiger partial charge in [0.15, 0.2) is 23.6 Å². The maximum Gasteiger partial charge on any atom is 0.278 e. The van der Waals surface area contributed by atoms with Crippen LogP contribution >= 0.6 is 0 Å². The van der Waals surface area contributed by atoms with Crippen molar-refractivity contribution in [2.45, 2.75) is 38.5 Å². The molecule has 1 fully saturated rings. The number of aromatic nitrogens is 4. The van der Waals surface area contributed by atoms with Gasteiger partial charge in [-0.15, -0.1) is 0 Å². The predicted octanol–water partition coefficient (Wildman–Crippen LogP) is -0.697. The van der Waals surface area contributed by atoms with Gasteiger partial charge < -0.3 is 14.9 Å². The maximum atomic E-state index is 13.9. The molecule has 2 aromatic heterocycles. The Balaban J connectivity index is 1.97. The molecule has 0 radical (unpaired) electrons. The molecular weight excluding hydrogens is 337 g/mol. The van der Waals surface area contributed by atoms with Crippen molar-refractivity contribution >= 4 is 23.0 Å². The van der Waals surface area contributed by atoms with E-state index in [1.54, 1.807) is 13.8 Å². The lowest BCUT2D eigenvalue weighted by Gasteiger charge is -2.16. The Morgan fingerprint density at radius 3 is 2.88 bits per heavy atom. The number of nitrogens with zero attached hydrogens (tertiary/aromatic N) is 3. The summed E-state index contributed by atoms with van der Waals surface area (Å²) < 4.78 is 20.3. The molecule has 0 aromatic carbocycles. The molecule has 3 heterocycles. The molecule has 2 aromatic rings. The van der Waals surface area contributed by atoms with Crippen molar-refractivity contribution in [1.82, 2.24) is 19.5 Å². The molecule has 25 heavy (non-hydrogen) atoms. The van der Waals surface area contributed by atoms with Crippen molar-refractivity contribution < 1.29 is 24.1 Å². The lowest BCUT2D eigenvalue weighted by Crippen LogP contribution is -2.30. The molecule has 0 saturated carbocycles. The first kappa shape index (κ1) is 17.5. The van der Waals surface area contributed by atoms with Gasteiger partial charge in [-0.1, -0.05) is 13.8 Å². The molecule has 136 valence electrons. The summed E-state index contributed by atoms with van der Waals surface area (Å²) in [5.74, 6) is -0.703. The number of aromatic amines is 1. The first-order chi connectivity index (χ1) is 11.8. The molecule has 4 N–H and O–H groups in total. The van der Waals surface area contributed by atoms with Crippen LogP contribution < -0.4 is 10.9 Å². The van der Waals surface area contributed by atoms with E-state index in [0.717, 1.165) is 4.57 Å². The van der Waals surface area contributed by atoms with Crippen LogP contribution in [0.1, 0.15) is 20.1 Å². The molecule has 10 nitrogen and oxygen atoms in total. The summed E-state index contributed by atoms with van der Waals surface area (Å²) in [6.45, 7) is 2.76. The number of hydrogen-bond donors (Lipinski definition) is 4. The van der Waals surface area contributed by atoms with Crippen LogP contribution in [0.15, 0.2) is 11.1 Å². The number of fused-ring (bicyclic) bond motifs is 1. The Morgan fingerprint density at radius 2 is 2.28 bits per heavy atom. The van der Waals surface area contributed by atoms with Crippen LogP contribution in [0.3, 0.4) is 0 Å². The Kier molecular flexibility index (Phi) is 4.54. The van der Waals surface area contributed by atoms with Gasteiger partial charge in [0.05, 0.1) is 6.61 Å². The van der Waals surface area contributed by atoms with E-state index >= 15 is 0 Å². The van der Waals surface area contributed by atoms with Crippen molar-refractivity contribution in [3.05, 3.63) is 16.7 Å². The largest absolute Gasteiger partial charge is 0.394 e. The van der Waals surface area contributed by atoms with Gasteiger partial charge >= 0.3 is 0 Å². The second kappa shape index (κ2) is 6.50. The maximum absolute atomic E-state index is 13.9. The number of nitrogens with one attached hydrogen (secondary N) is 2. The van der Waals surface area contributed by atoms with E-state index in [4.69, 9.17) is 9.84 Å². The van der Waals surface area contributed by atoms with E-state index in [0.29, 0.717) is 0 Å². The SMILES string of the molecule is CC(C)C(=O)Nc1nc2ncn([C@@H]3O[C@H](CO)[C@@H](F)[C@H]3O)c2c(=O)[nH]1. The van der Waals surface area contributed by atoms with Gasteiger partial charge in [-0.05, 0) is 0 Å². The lowest BCUT2D eigenvalue weighted by atomic mass is 10.1.